The van der Waals surface area contributed by atoms with Gasteiger partial charge in [-0.1, -0.05) is 11.2 Å². The summed E-state index contributed by atoms with van der Waals surface area (Å²) >= 11 is 0. The first kappa shape index (κ1) is 16.2. The second-order valence-electron chi connectivity index (χ2n) is 5.99. The fourth-order valence-electron chi connectivity index (χ4n) is 2.84. The molecule has 0 aliphatic carbocycles. The smallest absolute Gasteiger partial charge is 0.260 e. The number of anilines is 1. The van der Waals surface area contributed by atoms with Crippen molar-refractivity contribution in [2.75, 3.05) is 18.5 Å². The van der Waals surface area contributed by atoms with Gasteiger partial charge in [0.2, 0.25) is 0 Å². The Balaban J connectivity index is 1.50. The van der Waals surface area contributed by atoms with Gasteiger partial charge >= 0.3 is 0 Å². The van der Waals surface area contributed by atoms with Crippen LogP contribution in [-0.2, 0) is 6.54 Å². The third kappa shape index (κ3) is 3.01. The van der Waals surface area contributed by atoms with E-state index in [2.05, 4.69) is 15.6 Å². The topological polar surface area (TPSA) is 91.4 Å². The van der Waals surface area contributed by atoms with E-state index in [0.29, 0.717) is 42.6 Å². The first-order valence-electron chi connectivity index (χ1n) is 8.27. The number of nitrogens with one attached hydrogen (secondary N) is 1. The third-order valence-electron chi connectivity index (χ3n) is 4.19. The normalized spacial score (nSPS) is 12.8. The molecule has 0 bridgehead atoms. The molecular formula is C18H18N4O4. The quantitative estimate of drug-likeness (QED) is 0.774. The lowest BCUT2D eigenvalue weighted by atomic mass is 10.1. The average Bonchev–Trinajstić information content (AvgIpc) is 3.22. The lowest BCUT2D eigenvalue weighted by Gasteiger charge is -2.20. The van der Waals surface area contributed by atoms with Gasteiger partial charge in [0.1, 0.15) is 19.0 Å². The zero-order chi connectivity index (χ0) is 18.1. The number of para-hydroxylation sites is 1. The van der Waals surface area contributed by atoms with Gasteiger partial charge in [0.15, 0.2) is 17.3 Å². The molecule has 8 heteroatoms. The summed E-state index contributed by atoms with van der Waals surface area (Å²) < 4.78 is 18.0. The minimum atomic E-state index is -0.296. The summed E-state index contributed by atoms with van der Waals surface area (Å²) in [5.41, 5.74) is 2.23. The van der Waals surface area contributed by atoms with Crippen LogP contribution < -0.4 is 14.8 Å². The van der Waals surface area contributed by atoms with E-state index in [1.165, 1.54) is 0 Å². The van der Waals surface area contributed by atoms with Gasteiger partial charge in [0.25, 0.3) is 5.91 Å². The van der Waals surface area contributed by atoms with Crippen LogP contribution in [0.2, 0.25) is 0 Å². The number of amides is 1. The maximum atomic E-state index is 12.6. The summed E-state index contributed by atoms with van der Waals surface area (Å²) in [6, 6.07) is 6.98. The minimum absolute atomic E-state index is 0.296. The molecule has 3 heterocycles. The summed E-state index contributed by atoms with van der Waals surface area (Å²) in [5.74, 6) is 1.96. The van der Waals surface area contributed by atoms with Gasteiger partial charge in [-0.15, -0.1) is 0 Å². The zero-order valence-corrected chi connectivity index (χ0v) is 14.5. The number of nitrogens with zero attached hydrogens (tertiary/aromatic N) is 3. The standard InChI is InChI=1S/C18H18N4O4/c1-11-14(12(2)26-21-11)10-22-7-6-16(20-22)19-18(23)13-4-3-5-15-17(13)25-9-8-24-15/h3-7H,8-10H2,1-2H3,(H,19,20,23). The van der Waals surface area contributed by atoms with Crippen LogP contribution in [0.1, 0.15) is 27.4 Å². The molecule has 0 unspecified atom stereocenters. The Morgan fingerprint density at radius 1 is 1.23 bits per heavy atom. The molecule has 4 rings (SSSR count). The Kier molecular flexibility index (Phi) is 4.08. The molecule has 0 fully saturated rings. The van der Waals surface area contributed by atoms with Crippen molar-refractivity contribution in [3.8, 4) is 11.5 Å². The number of carbonyl (C=O) groups excluding carboxylic acids is 1. The highest BCUT2D eigenvalue weighted by molar-refractivity contribution is 6.06. The summed E-state index contributed by atoms with van der Waals surface area (Å²) in [4.78, 5) is 12.6. The van der Waals surface area contributed by atoms with Gasteiger partial charge < -0.3 is 19.3 Å². The first-order valence-corrected chi connectivity index (χ1v) is 8.27. The number of aryl methyl sites for hydroxylation is 2. The van der Waals surface area contributed by atoms with Crippen LogP contribution in [0.4, 0.5) is 5.82 Å². The highest BCUT2D eigenvalue weighted by Crippen LogP contribution is 2.33. The molecule has 1 aliphatic heterocycles. The minimum Gasteiger partial charge on any atom is -0.486 e. The van der Waals surface area contributed by atoms with Gasteiger partial charge in [-0.25, -0.2) is 0 Å². The van der Waals surface area contributed by atoms with Crippen LogP contribution in [0.25, 0.3) is 0 Å². The molecule has 0 radical (unpaired) electrons. The van der Waals surface area contributed by atoms with E-state index in [-0.39, 0.29) is 5.91 Å². The summed E-state index contributed by atoms with van der Waals surface area (Å²) in [6.07, 6.45) is 1.79. The molecule has 0 saturated carbocycles. The predicted molar refractivity (Wildman–Crippen MR) is 92.7 cm³/mol. The molecular weight excluding hydrogens is 336 g/mol. The highest BCUT2D eigenvalue weighted by atomic mass is 16.6. The molecule has 3 aromatic rings. The zero-order valence-electron chi connectivity index (χ0n) is 14.5. The molecule has 1 amide bonds. The van der Waals surface area contributed by atoms with Crippen molar-refractivity contribution in [3.05, 3.63) is 53.0 Å². The number of aromatic nitrogens is 3. The maximum Gasteiger partial charge on any atom is 0.260 e. The molecule has 0 spiro atoms. The molecule has 134 valence electrons. The fraction of sp³-hybridized carbons (Fsp3) is 0.278. The van der Waals surface area contributed by atoms with E-state index >= 15 is 0 Å². The molecule has 0 atom stereocenters. The molecule has 1 aromatic carbocycles. The lowest BCUT2D eigenvalue weighted by Crippen LogP contribution is -2.20. The Morgan fingerprint density at radius 3 is 2.88 bits per heavy atom. The van der Waals surface area contributed by atoms with Gasteiger partial charge in [-0.05, 0) is 26.0 Å². The number of fused-ring (bicyclic) bond motifs is 1. The van der Waals surface area contributed by atoms with E-state index in [0.717, 1.165) is 17.0 Å². The van der Waals surface area contributed by atoms with Gasteiger partial charge in [0.05, 0.1) is 17.8 Å². The molecule has 1 N–H and O–H groups in total. The molecule has 26 heavy (non-hydrogen) atoms. The second-order valence-corrected chi connectivity index (χ2v) is 5.99. The monoisotopic (exact) mass is 354 g/mol. The number of rotatable bonds is 4. The van der Waals surface area contributed by atoms with Crippen molar-refractivity contribution in [3.63, 3.8) is 0 Å². The Bertz CT molecular complexity index is 941. The first-order chi connectivity index (χ1) is 12.6. The van der Waals surface area contributed by atoms with Crippen LogP contribution in [0.3, 0.4) is 0 Å². The van der Waals surface area contributed by atoms with Crippen LogP contribution in [0, 0.1) is 13.8 Å². The van der Waals surface area contributed by atoms with Gasteiger partial charge in [0, 0.05) is 17.8 Å². The van der Waals surface area contributed by atoms with Crippen LogP contribution in [0.5, 0.6) is 11.5 Å². The fourth-order valence-corrected chi connectivity index (χ4v) is 2.84. The SMILES string of the molecule is Cc1noc(C)c1Cn1ccc(NC(=O)c2cccc3c2OCCO3)n1. The lowest BCUT2D eigenvalue weighted by molar-refractivity contribution is 0.101. The summed E-state index contributed by atoms with van der Waals surface area (Å²) in [5, 5.41) is 11.1. The van der Waals surface area contributed by atoms with Crippen molar-refractivity contribution in [2.45, 2.75) is 20.4 Å². The second kappa shape index (κ2) is 6.55. The molecule has 2 aromatic heterocycles. The summed E-state index contributed by atoms with van der Waals surface area (Å²) in [7, 11) is 0. The Morgan fingerprint density at radius 2 is 2.08 bits per heavy atom. The van der Waals surface area contributed by atoms with Crippen molar-refractivity contribution in [2.24, 2.45) is 0 Å². The number of hydrogen-bond donors (Lipinski definition) is 1. The average molecular weight is 354 g/mol. The largest absolute Gasteiger partial charge is 0.486 e. The van der Waals surface area contributed by atoms with Crippen molar-refractivity contribution < 1.29 is 18.8 Å². The predicted octanol–water partition coefficient (Wildman–Crippen LogP) is 2.56. The van der Waals surface area contributed by atoms with Crippen LogP contribution >= 0.6 is 0 Å². The highest BCUT2D eigenvalue weighted by Gasteiger charge is 2.21. The summed E-state index contributed by atoms with van der Waals surface area (Å²) in [6.45, 7) is 5.17. The maximum absolute atomic E-state index is 12.6. The van der Waals surface area contributed by atoms with E-state index in [4.69, 9.17) is 14.0 Å². The molecule has 1 aliphatic rings. The van der Waals surface area contributed by atoms with E-state index in [1.54, 1.807) is 35.1 Å². The Labute approximate surface area is 149 Å². The third-order valence-corrected chi connectivity index (χ3v) is 4.19. The number of ether oxygens (including phenoxy) is 2. The van der Waals surface area contributed by atoms with Crippen molar-refractivity contribution in [1.29, 1.82) is 0 Å². The van der Waals surface area contributed by atoms with Crippen LogP contribution in [0.15, 0.2) is 35.0 Å². The van der Waals surface area contributed by atoms with Gasteiger partial charge in [-0.3, -0.25) is 9.48 Å². The van der Waals surface area contributed by atoms with Crippen LogP contribution in [-0.4, -0.2) is 34.1 Å². The van der Waals surface area contributed by atoms with Gasteiger partial charge in [-0.2, -0.15) is 5.10 Å². The van der Waals surface area contributed by atoms with Crippen molar-refractivity contribution >= 4 is 11.7 Å². The van der Waals surface area contributed by atoms with E-state index in [1.807, 2.05) is 13.8 Å². The Hall–Kier alpha value is -3.29. The number of hydrogen-bond acceptors (Lipinski definition) is 6. The molecule has 8 nitrogen and oxygen atoms in total. The molecule has 0 saturated heterocycles. The number of benzene rings is 1. The van der Waals surface area contributed by atoms with E-state index in [9.17, 15) is 4.79 Å². The number of carbonyl (C=O) groups is 1. The van der Waals surface area contributed by atoms with Crippen molar-refractivity contribution in [1.82, 2.24) is 14.9 Å². The van der Waals surface area contributed by atoms with E-state index < -0.39 is 0 Å².